The van der Waals surface area contributed by atoms with Gasteiger partial charge >= 0.3 is 0 Å². The van der Waals surface area contributed by atoms with Gasteiger partial charge in [0.05, 0.1) is 5.69 Å². The average molecular weight is 367 g/mol. The molecule has 1 aromatic carbocycles. The number of hydrogen-bond acceptors (Lipinski definition) is 5. The maximum atomic E-state index is 12.4. The lowest BCUT2D eigenvalue weighted by atomic mass is 10.3. The van der Waals surface area contributed by atoms with Crippen LogP contribution in [0.1, 0.15) is 5.69 Å². The van der Waals surface area contributed by atoms with Crippen molar-refractivity contribution in [3.63, 3.8) is 0 Å². The van der Waals surface area contributed by atoms with E-state index >= 15 is 0 Å². The van der Waals surface area contributed by atoms with Gasteiger partial charge in [-0.25, -0.2) is 0 Å². The highest BCUT2D eigenvalue weighted by molar-refractivity contribution is 6.35. The van der Waals surface area contributed by atoms with Crippen LogP contribution in [0.2, 0.25) is 10.0 Å². The van der Waals surface area contributed by atoms with Crippen molar-refractivity contribution in [1.29, 1.82) is 0 Å². The first-order valence-electron chi connectivity index (χ1n) is 6.88. The summed E-state index contributed by atoms with van der Waals surface area (Å²) in [6, 6.07) is 4.65. The first kappa shape index (κ1) is 16.4. The standard InChI is InChI=1S/C14H12Cl2N6O2/c1-7-12-13(21(2)19-7)14(24)22(20-18-12)6-11(23)17-10-4-8(15)3-9(16)5-10/h3-5H,6H2,1-2H3,(H,17,23). The van der Waals surface area contributed by atoms with E-state index in [4.69, 9.17) is 23.2 Å². The summed E-state index contributed by atoms with van der Waals surface area (Å²) in [5.74, 6) is -0.456. The molecule has 1 N–H and O–H groups in total. The van der Waals surface area contributed by atoms with Crippen LogP contribution in [0.25, 0.3) is 11.0 Å². The number of hydrogen-bond donors (Lipinski definition) is 1. The third kappa shape index (κ3) is 3.10. The van der Waals surface area contributed by atoms with Crippen LogP contribution >= 0.6 is 23.2 Å². The fraction of sp³-hybridized carbons (Fsp3) is 0.214. The number of aryl methyl sites for hydroxylation is 2. The predicted molar refractivity (Wildman–Crippen MR) is 90.4 cm³/mol. The Morgan fingerprint density at radius 3 is 2.58 bits per heavy atom. The highest BCUT2D eigenvalue weighted by Gasteiger charge is 2.15. The van der Waals surface area contributed by atoms with Crippen molar-refractivity contribution >= 4 is 45.8 Å². The minimum absolute atomic E-state index is 0.293. The molecular formula is C14H12Cl2N6O2. The molecule has 2 aromatic heterocycles. The minimum atomic E-state index is -0.456. The number of carbonyl (C=O) groups is 1. The molecule has 0 unspecified atom stereocenters. The zero-order chi connectivity index (χ0) is 17.4. The van der Waals surface area contributed by atoms with Gasteiger partial charge in [0.2, 0.25) is 5.91 Å². The topological polar surface area (TPSA) is 94.7 Å². The largest absolute Gasteiger partial charge is 0.324 e. The molecular weight excluding hydrogens is 355 g/mol. The van der Waals surface area contributed by atoms with Gasteiger partial charge in [0, 0.05) is 22.8 Å². The summed E-state index contributed by atoms with van der Waals surface area (Å²) < 4.78 is 2.40. The third-order valence-electron chi connectivity index (χ3n) is 3.32. The number of rotatable bonds is 3. The van der Waals surface area contributed by atoms with Gasteiger partial charge in [-0.2, -0.15) is 9.78 Å². The lowest BCUT2D eigenvalue weighted by Crippen LogP contribution is -2.31. The quantitative estimate of drug-likeness (QED) is 0.762. The molecule has 1 amide bonds. The van der Waals surface area contributed by atoms with Crippen molar-refractivity contribution in [1.82, 2.24) is 24.8 Å². The summed E-state index contributed by atoms with van der Waals surface area (Å²) in [7, 11) is 1.64. The molecule has 8 nitrogen and oxygen atoms in total. The summed E-state index contributed by atoms with van der Waals surface area (Å²) in [6.45, 7) is 1.44. The Balaban J connectivity index is 1.87. The monoisotopic (exact) mass is 366 g/mol. The molecule has 24 heavy (non-hydrogen) atoms. The number of amides is 1. The first-order chi connectivity index (χ1) is 11.3. The van der Waals surface area contributed by atoms with Crippen molar-refractivity contribution in [2.24, 2.45) is 7.05 Å². The molecule has 3 rings (SSSR count). The highest BCUT2D eigenvalue weighted by Crippen LogP contribution is 2.22. The van der Waals surface area contributed by atoms with E-state index in [0.717, 1.165) is 4.68 Å². The van der Waals surface area contributed by atoms with Gasteiger partial charge in [0.25, 0.3) is 5.56 Å². The van der Waals surface area contributed by atoms with Crippen molar-refractivity contribution in [3.8, 4) is 0 Å². The van der Waals surface area contributed by atoms with Crippen LogP contribution < -0.4 is 10.9 Å². The van der Waals surface area contributed by atoms with Crippen LogP contribution in [0.15, 0.2) is 23.0 Å². The van der Waals surface area contributed by atoms with E-state index in [-0.39, 0.29) is 6.54 Å². The number of nitrogens with zero attached hydrogens (tertiary/aromatic N) is 5. The Morgan fingerprint density at radius 2 is 1.92 bits per heavy atom. The number of halogens is 2. The zero-order valence-electron chi connectivity index (χ0n) is 12.7. The molecule has 0 atom stereocenters. The maximum absolute atomic E-state index is 12.4. The van der Waals surface area contributed by atoms with Crippen LogP contribution in [-0.4, -0.2) is 30.7 Å². The van der Waals surface area contributed by atoms with E-state index in [1.165, 1.54) is 4.68 Å². The van der Waals surface area contributed by atoms with Gasteiger partial charge < -0.3 is 5.32 Å². The summed E-state index contributed by atoms with van der Waals surface area (Å²) in [6.07, 6.45) is 0. The number of benzene rings is 1. The van der Waals surface area contributed by atoms with E-state index in [1.807, 2.05) is 0 Å². The van der Waals surface area contributed by atoms with E-state index in [2.05, 4.69) is 20.7 Å². The SMILES string of the molecule is Cc1nn(C)c2c(=O)n(CC(=O)Nc3cc(Cl)cc(Cl)c3)nnc12. The second kappa shape index (κ2) is 6.21. The van der Waals surface area contributed by atoms with Gasteiger partial charge in [-0.05, 0) is 25.1 Å². The van der Waals surface area contributed by atoms with Gasteiger partial charge in [-0.15, -0.1) is 5.10 Å². The molecule has 0 aliphatic rings. The Labute approximate surface area is 146 Å². The fourth-order valence-electron chi connectivity index (χ4n) is 2.33. The molecule has 2 heterocycles. The molecule has 0 aliphatic heterocycles. The molecule has 0 saturated carbocycles. The van der Waals surface area contributed by atoms with Crippen LogP contribution in [0.3, 0.4) is 0 Å². The first-order valence-corrected chi connectivity index (χ1v) is 7.64. The second-order valence-corrected chi connectivity index (χ2v) is 6.04. The van der Waals surface area contributed by atoms with Crippen LogP contribution in [0, 0.1) is 6.92 Å². The molecule has 0 spiro atoms. The van der Waals surface area contributed by atoms with Crippen LogP contribution in [0.4, 0.5) is 5.69 Å². The highest BCUT2D eigenvalue weighted by atomic mass is 35.5. The smallest absolute Gasteiger partial charge is 0.296 e. The van der Waals surface area contributed by atoms with Crippen molar-refractivity contribution in [2.75, 3.05) is 5.32 Å². The van der Waals surface area contributed by atoms with Gasteiger partial charge in [0.15, 0.2) is 5.52 Å². The lowest BCUT2D eigenvalue weighted by Gasteiger charge is -2.07. The van der Waals surface area contributed by atoms with Gasteiger partial charge in [0.1, 0.15) is 12.1 Å². The van der Waals surface area contributed by atoms with Gasteiger partial charge in [-0.3, -0.25) is 14.3 Å². The Kier molecular flexibility index (Phi) is 4.25. The molecule has 0 aliphatic carbocycles. The fourth-order valence-corrected chi connectivity index (χ4v) is 2.86. The van der Waals surface area contributed by atoms with E-state index in [0.29, 0.717) is 32.5 Å². The third-order valence-corrected chi connectivity index (χ3v) is 3.76. The Bertz CT molecular complexity index is 990. The Hall–Kier alpha value is -2.45. The number of anilines is 1. The van der Waals surface area contributed by atoms with E-state index in [9.17, 15) is 9.59 Å². The zero-order valence-corrected chi connectivity index (χ0v) is 14.3. The summed E-state index contributed by atoms with van der Waals surface area (Å²) in [5.41, 5.74) is 1.29. The number of nitrogens with one attached hydrogen (secondary N) is 1. The number of fused-ring (bicyclic) bond motifs is 1. The molecule has 0 fully saturated rings. The number of carbonyl (C=O) groups excluding carboxylic acids is 1. The molecule has 3 aromatic rings. The summed E-state index contributed by atoms with van der Waals surface area (Å²) in [4.78, 5) is 24.6. The second-order valence-electron chi connectivity index (χ2n) is 5.16. The van der Waals surface area contributed by atoms with E-state index < -0.39 is 11.5 Å². The lowest BCUT2D eigenvalue weighted by molar-refractivity contribution is -0.117. The van der Waals surface area contributed by atoms with Crippen LogP contribution in [-0.2, 0) is 18.4 Å². The molecule has 0 saturated heterocycles. The summed E-state index contributed by atoms with van der Waals surface area (Å²) >= 11 is 11.8. The maximum Gasteiger partial charge on any atom is 0.296 e. The minimum Gasteiger partial charge on any atom is -0.324 e. The van der Waals surface area contributed by atoms with Crippen LogP contribution in [0.5, 0.6) is 0 Å². The average Bonchev–Trinajstić information content (AvgIpc) is 2.76. The van der Waals surface area contributed by atoms with Crippen molar-refractivity contribution in [3.05, 3.63) is 44.3 Å². The predicted octanol–water partition coefficient (Wildman–Crippen LogP) is 1.78. The van der Waals surface area contributed by atoms with Crippen molar-refractivity contribution < 1.29 is 4.79 Å². The van der Waals surface area contributed by atoms with E-state index in [1.54, 1.807) is 32.2 Å². The molecule has 124 valence electrons. The molecule has 0 radical (unpaired) electrons. The normalized spacial score (nSPS) is 11.0. The molecule has 0 bridgehead atoms. The molecule has 10 heteroatoms. The van der Waals surface area contributed by atoms with Crippen molar-refractivity contribution in [2.45, 2.75) is 13.5 Å². The Morgan fingerprint density at radius 1 is 1.25 bits per heavy atom. The summed E-state index contributed by atoms with van der Waals surface area (Å²) in [5, 5.41) is 15.3. The number of aromatic nitrogens is 5. The van der Waals surface area contributed by atoms with Gasteiger partial charge in [-0.1, -0.05) is 28.4 Å².